The summed E-state index contributed by atoms with van der Waals surface area (Å²) in [7, 11) is 0. The Balaban J connectivity index is 1.41. The fourth-order valence-electron chi connectivity index (χ4n) is 6.50. The molecule has 2 heterocycles. The summed E-state index contributed by atoms with van der Waals surface area (Å²) in [6.07, 6.45) is 7.34. The van der Waals surface area contributed by atoms with Crippen molar-refractivity contribution in [3.05, 3.63) is 46.9 Å². The molecule has 7 heteroatoms. The second kappa shape index (κ2) is 9.78. The number of carbonyl (C=O) groups is 2. The Labute approximate surface area is 207 Å². The number of amides is 2. The quantitative estimate of drug-likeness (QED) is 0.538. The lowest BCUT2D eigenvalue weighted by atomic mass is 9.54. The van der Waals surface area contributed by atoms with Gasteiger partial charge in [0.15, 0.2) is 0 Å². The molecule has 34 heavy (non-hydrogen) atoms. The fraction of sp³-hybridized carbons (Fsp3) is 0.593. The number of carbonyl (C=O) groups excluding carboxylic acids is 2. The smallest absolute Gasteiger partial charge is 0.230 e. The van der Waals surface area contributed by atoms with Crippen molar-refractivity contribution in [3.8, 4) is 0 Å². The molecule has 4 rings (SSSR count). The van der Waals surface area contributed by atoms with Crippen molar-refractivity contribution < 1.29 is 9.59 Å². The predicted molar refractivity (Wildman–Crippen MR) is 137 cm³/mol. The third kappa shape index (κ3) is 5.05. The molecule has 0 saturated heterocycles. The van der Waals surface area contributed by atoms with Crippen molar-refractivity contribution >= 4 is 28.8 Å². The average Bonchev–Trinajstić information content (AvgIpc) is 3.33. The van der Waals surface area contributed by atoms with E-state index in [1.165, 1.54) is 0 Å². The minimum Gasteiger partial charge on any atom is -0.354 e. The van der Waals surface area contributed by atoms with Gasteiger partial charge in [0.05, 0.1) is 5.41 Å². The molecular weight excluding hydrogens is 444 g/mol. The van der Waals surface area contributed by atoms with Gasteiger partial charge in [0, 0.05) is 41.0 Å². The molecule has 2 fully saturated rings. The van der Waals surface area contributed by atoms with E-state index in [1.54, 1.807) is 23.7 Å². The number of pyridine rings is 1. The van der Waals surface area contributed by atoms with Crippen LogP contribution < -0.4 is 16.4 Å². The van der Waals surface area contributed by atoms with Gasteiger partial charge >= 0.3 is 0 Å². The van der Waals surface area contributed by atoms with E-state index in [9.17, 15) is 9.59 Å². The number of fused-ring (bicyclic) bond motifs is 2. The maximum Gasteiger partial charge on any atom is 0.230 e. The van der Waals surface area contributed by atoms with Crippen LogP contribution >= 0.6 is 11.3 Å². The molecule has 2 aliphatic rings. The molecule has 2 aromatic heterocycles. The van der Waals surface area contributed by atoms with E-state index in [0.29, 0.717) is 24.3 Å². The van der Waals surface area contributed by atoms with Crippen LogP contribution in [0.1, 0.15) is 58.3 Å². The van der Waals surface area contributed by atoms with Crippen molar-refractivity contribution in [2.75, 3.05) is 11.9 Å². The standard InChI is InChI=1S/C27H38N4O2S/c1-17-12-18-13-19(15-27(4,14-18)25(33)31-20-7-9-29-10-8-20)23(17)21(28)16-30-24(32)26(2,3)22-6-5-11-34-22/h5-11,17-19,21,23H,12-16,28H2,1-4H3,(H,30,32)(H,29,31,33). The Bertz CT molecular complexity index is 991. The first-order valence-corrected chi connectivity index (χ1v) is 13.3. The van der Waals surface area contributed by atoms with E-state index in [2.05, 4.69) is 29.5 Å². The highest BCUT2D eigenvalue weighted by Crippen LogP contribution is 2.53. The fourth-order valence-corrected chi connectivity index (χ4v) is 7.35. The number of aromatic nitrogens is 1. The van der Waals surface area contributed by atoms with Crippen molar-refractivity contribution in [1.29, 1.82) is 0 Å². The number of rotatable bonds is 7. The lowest BCUT2D eigenvalue weighted by Gasteiger charge is -2.51. The molecule has 6 unspecified atom stereocenters. The maximum atomic E-state index is 13.3. The second-order valence-electron chi connectivity index (χ2n) is 11.3. The lowest BCUT2D eigenvalue weighted by Crippen LogP contribution is -2.54. The van der Waals surface area contributed by atoms with E-state index in [0.717, 1.165) is 36.2 Å². The van der Waals surface area contributed by atoms with Crippen molar-refractivity contribution in [2.45, 2.75) is 64.8 Å². The highest BCUT2D eigenvalue weighted by atomic mass is 32.1. The number of nitrogens with zero attached hydrogens (tertiary/aromatic N) is 1. The van der Waals surface area contributed by atoms with Crippen LogP contribution in [0.2, 0.25) is 0 Å². The van der Waals surface area contributed by atoms with Crippen LogP contribution in [0, 0.1) is 29.1 Å². The third-order valence-corrected chi connectivity index (χ3v) is 9.37. The molecule has 2 amide bonds. The summed E-state index contributed by atoms with van der Waals surface area (Å²) < 4.78 is 0. The van der Waals surface area contributed by atoms with Crippen molar-refractivity contribution in [3.63, 3.8) is 0 Å². The van der Waals surface area contributed by atoms with Gasteiger partial charge in [-0.3, -0.25) is 14.6 Å². The largest absolute Gasteiger partial charge is 0.354 e. The first kappa shape index (κ1) is 24.9. The molecule has 6 nitrogen and oxygen atoms in total. The Kier molecular flexibility index (Phi) is 7.15. The van der Waals surface area contributed by atoms with Crippen LogP contribution in [0.3, 0.4) is 0 Å². The first-order chi connectivity index (χ1) is 16.1. The maximum absolute atomic E-state index is 13.3. The molecule has 0 aliphatic heterocycles. The number of nitrogens with two attached hydrogens (primary N) is 1. The van der Waals surface area contributed by atoms with Crippen molar-refractivity contribution in [2.24, 2.45) is 34.8 Å². The van der Waals surface area contributed by atoms with Crippen LogP contribution in [0.15, 0.2) is 42.0 Å². The van der Waals surface area contributed by atoms with Gasteiger partial charge in [0.25, 0.3) is 0 Å². The van der Waals surface area contributed by atoms with Crippen LogP contribution in [0.4, 0.5) is 5.69 Å². The van der Waals surface area contributed by atoms with Gasteiger partial charge in [0.1, 0.15) is 0 Å². The Morgan fingerprint density at radius 3 is 2.65 bits per heavy atom. The Morgan fingerprint density at radius 2 is 1.97 bits per heavy atom. The summed E-state index contributed by atoms with van der Waals surface area (Å²) in [5.74, 6) is 1.78. The first-order valence-electron chi connectivity index (χ1n) is 12.4. The van der Waals surface area contributed by atoms with Crippen LogP contribution in [0.5, 0.6) is 0 Å². The zero-order valence-electron chi connectivity index (χ0n) is 20.7. The topological polar surface area (TPSA) is 97.1 Å². The van der Waals surface area contributed by atoms with Crippen molar-refractivity contribution in [1.82, 2.24) is 10.3 Å². The number of thiophene rings is 1. The number of nitrogens with one attached hydrogen (secondary N) is 2. The van der Waals surface area contributed by atoms with E-state index in [-0.39, 0.29) is 23.8 Å². The van der Waals surface area contributed by atoms with Gasteiger partial charge in [-0.2, -0.15) is 0 Å². The zero-order valence-corrected chi connectivity index (χ0v) is 21.5. The molecular formula is C27H38N4O2S. The van der Waals surface area contributed by atoms with Gasteiger partial charge in [-0.15, -0.1) is 11.3 Å². The van der Waals surface area contributed by atoms with Crippen LogP contribution in [0.25, 0.3) is 0 Å². The number of anilines is 1. The molecule has 184 valence electrons. The number of hydrogen-bond acceptors (Lipinski definition) is 5. The molecule has 2 aromatic rings. The monoisotopic (exact) mass is 482 g/mol. The molecule has 2 aliphatic carbocycles. The van der Waals surface area contributed by atoms with Crippen LogP contribution in [-0.4, -0.2) is 29.4 Å². The van der Waals surface area contributed by atoms with E-state index in [4.69, 9.17) is 5.73 Å². The molecule has 0 aromatic carbocycles. The summed E-state index contributed by atoms with van der Waals surface area (Å²) >= 11 is 1.60. The van der Waals surface area contributed by atoms with Gasteiger partial charge in [-0.05, 0) is 86.8 Å². The third-order valence-electron chi connectivity index (χ3n) is 8.18. The van der Waals surface area contributed by atoms with Gasteiger partial charge in [0.2, 0.25) is 11.8 Å². The van der Waals surface area contributed by atoms with E-state index < -0.39 is 10.8 Å². The van der Waals surface area contributed by atoms with Crippen LogP contribution in [-0.2, 0) is 15.0 Å². The summed E-state index contributed by atoms with van der Waals surface area (Å²) in [5, 5.41) is 8.24. The predicted octanol–water partition coefficient (Wildman–Crippen LogP) is 4.58. The molecule has 0 spiro atoms. The molecule has 2 saturated carbocycles. The molecule has 4 N–H and O–H groups in total. The second-order valence-corrected chi connectivity index (χ2v) is 12.2. The minimum absolute atomic E-state index is 0.0111. The normalized spacial score (nSPS) is 29.8. The Morgan fingerprint density at radius 1 is 1.24 bits per heavy atom. The summed E-state index contributed by atoms with van der Waals surface area (Å²) in [6, 6.07) is 7.51. The highest BCUT2D eigenvalue weighted by molar-refractivity contribution is 7.10. The molecule has 0 radical (unpaired) electrons. The lowest BCUT2D eigenvalue weighted by molar-refractivity contribution is -0.131. The summed E-state index contributed by atoms with van der Waals surface area (Å²) in [6.45, 7) is 8.78. The average molecular weight is 483 g/mol. The number of hydrogen-bond donors (Lipinski definition) is 3. The van der Waals surface area contributed by atoms with Gasteiger partial charge in [-0.25, -0.2) is 0 Å². The Hall–Kier alpha value is -2.25. The molecule has 2 bridgehead atoms. The summed E-state index contributed by atoms with van der Waals surface area (Å²) in [4.78, 5) is 31.4. The minimum atomic E-state index is -0.578. The van der Waals surface area contributed by atoms with Gasteiger partial charge in [-0.1, -0.05) is 19.9 Å². The highest BCUT2D eigenvalue weighted by Gasteiger charge is 2.50. The van der Waals surface area contributed by atoms with Gasteiger partial charge < -0.3 is 16.4 Å². The zero-order chi connectivity index (χ0) is 24.5. The van der Waals surface area contributed by atoms with E-state index >= 15 is 0 Å². The SMILES string of the molecule is CC1CC2CC(CC(C)(C(=O)Nc3ccncc3)C2)C1C(N)CNC(=O)C(C)(C)c1cccs1. The van der Waals surface area contributed by atoms with E-state index in [1.807, 2.05) is 43.5 Å². The molecule has 6 atom stereocenters. The summed E-state index contributed by atoms with van der Waals surface area (Å²) in [5.41, 5.74) is 6.54.